The summed E-state index contributed by atoms with van der Waals surface area (Å²) < 4.78 is 29.5. The van der Waals surface area contributed by atoms with Crippen LogP contribution >= 0.6 is 0 Å². The minimum atomic E-state index is -2.55. The highest BCUT2D eigenvalue weighted by Crippen LogP contribution is 2.29. The van der Waals surface area contributed by atoms with Crippen molar-refractivity contribution in [3.05, 3.63) is 23.8 Å². The molecule has 3 N–H and O–H groups in total. The van der Waals surface area contributed by atoms with Crippen LogP contribution < -0.4 is 15.4 Å². The Balaban J connectivity index is 1.99. The van der Waals surface area contributed by atoms with E-state index in [4.69, 9.17) is 4.74 Å². The van der Waals surface area contributed by atoms with Crippen molar-refractivity contribution in [1.29, 1.82) is 0 Å². The lowest BCUT2D eigenvalue weighted by Crippen LogP contribution is -2.50. The second-order valence-corrected chi connectivity index (χ2v) is 5.91. The largest absolute Gasteiger partial charge is 0.487 e. The minimum Gasteiger partial charge on any atom is -0.487 e. The van der Waals surface area contributed by atoms with Crippen LogP contribution in [0.4, 0.5) is 19.3 Å². The molecule has 23 heavy (non-hydrogen) atoms. The van der Waals surface area contributed by atoms with Gasteiger partial charge < -0.3 is 20.5 Å². The van der Waals surface area contributed by atoms with Crippen molar-refractivity contribution < 1.29 is 23.4 Å². The van der Waals surface area contributed by atoms with E-state index in [1.165, 1.54) is 6.07 Å². The Morgan fingerprint density at radius 3 is 2.70 bits per heavy atom. The molecule has 1 aliphatic carbocycles. The molecule has 1 aromatic rings. The quantitative estimate of drug-likeness (QED) is 0.751. The summed E-state index contributed by atoms with van der Waals surface area (Å²) in [5.41, 5.74) is 0.590. The van der Waals surface area contributed by atoms with Crippen LogP contribution in [0.15, 0.2) is 18.2 Å². The first-order valence-electron chi connectivity index (χ1n) is 7.66. The molecule has 5 nitrogen and oxygen atoms in total. The molecule has 2 rings (SSSR count). The summed E-state index contributed by atoms with van der Waals surface area (Å²) >= 11 is 0. The number of aliphatic hydroxyl groups excluding tert-OH is 1. The monoisotopic (exact) mass is 328 g/mol. The Hall–Kier alpha value is -1.89. The molecule has 0 unspecified atom stereocenters. The Bertz CT molecular complexity index is 546. The van der Waals surface area contributed by atoms with Gasteiger partial charge in [0.1, 0.15) is 12.4 Å². The SMILES string of the molecule is Cc1ccc(NC(=O)NC2(CO)CCCC2)cc1OCC(F)F. The number of anilines is 1. The molecule has 1 saturated carbocycles. The van der Waals surface area contributed by atoms with Crippen molar-refractivity contribution in [2.45, 2.75) is 44.6 Å². The normalized spacial score (nSPS) is 16.4. The van der Waals surface area contributed by atoms with Crippen LogP contribution in [0.1, 0.15) is 31.2 Å². The van der Waals surface area contributed by atoms with Crippen LogP contribution in [-0.4, -0.2) is 36.3 Å². The van der Waals surface area contributed by atoms with Crippen LogP contribution in [0.3, 0.4) is 0 Å². The molecule has 0 spiro atoms. The number of nitrogens with one attached hydrogen (secondary N) is 2. The smallest absolute Gasteiger partial charge is 0.319 e. The highest BCUT2D eigenvalue weighted by molar-refractivity contribution is 5.90. The highest BCUT2D eigenvalue weighted by Gasteiger charge is 2.34. The summed E-state index contributed by atoms with van der Waals surface area (Å²) in [6.45, 7) is 0.950. The van der Waals surface area contributed by atoms with Gasteiger partial charge in [0.25, 0.3) is 6.43 Å². The third kappa shape index (κ3) is 4.79. The lowest BCUT2D eigenvalue weighted by atomic mass is 9.99. The zero-order valence-corrected chi connectivity index (χ0v) is 13.1. The van der Waals surface area contributed by atoms with E-state index < -0.39 is 24.6 Å². The van der Waals surface area contributed by atoms with E-state index in [1.54, 1.807) is 19.1 Å². The second kappa shape index (κ2) is 7.59. The Morgan fingerprint density at radius 1 is 1.39 bits per heavy atom. The van der Waals surface area contributed by atoms with Crippen LogP contribution in [0, 0.1) is 6.92 Å². The molecule has 128 valence electrons. The first-order chi connectivity index (χ1) is 10.9. The molecule has 2 amide bonds. The number of halogens is 2. The van der Waals surface area contributed by atoms with Crippen molar-refractivity contribution in [2.24, 2.45) is 0 Å². The summed E-state index contributed by atoms with van der Waals surface area (Å²) in [6.07, 6.45) is 0.871. The van der Waals surface area contributed by atoms with Gasteiger partial charge in [-0.05, 0) is 31.4 Å². The minimum absolute atomic E-state index is 0.100. The van der Waals surface area contributed by atoms with Gasteiger partial charge in [-0.1, -0.05) is 18.9 Å². The number of hydrogen-bond acceptors (Lipinski definition) is 3. The number of urea groups is 1. The molecular weight excluding hydrogens is 306 g/mol. The molecule has 0 radical (unpaired) electrons. The third-order valence-corrected chi connectivity index (χ3v) is 4.05. The fourth-order valence-electron chi connectivity index (χ4n) is 2.76. The van der Waals surface area contributed by atoms with E-state index >= 15 is 0 Å². The topological polar surface area (TPSA) is 70.6 Å². The molecule has 1 fully saturated rings. The molecule has 0 aliphatic heterocycles. The number of rotatable bonds is 6. The summed E-state index contributed by atoms with van der Waals surface area (Å²) in [4.78, 5) is 12.1. The zero-order valence-electron chi connectivity index (χ0n) is 13.1. The van der Waals surface area contributed by atoms with E-state index in [2.05, 4.69) is 10.6 Å². The van der Waals surface area contributed by atoms with Gasteiger partial charge in [0.05, 0.1) is 12.1 Å². The lowest BCUT2D eigenvalue weighted by Gasteiger charge is -2.28. The van der Waals surface area contributed by atoms with Gasteiger partial charge >= 0.3 is 6.03 Å². The molecule has 0 saturated heterocycles. The molecule has 0 atom stereocenters. The number of benzene rings is 1. The maximum absolute atomic E-state index is 12.2. The molecule has 1 aliphatic rings. The van der Waals surface area contributed by atoms with Gasteiger partial charge in [0.15, 0.2) is 0 Å². The predicted molar refractivity (Wildman–Crippen MR) is 83.1 cm³/mol. The molecular formula is C16H22F2N2O3. The molecule has 7 heteroatoms. The summed E-state index contributed by atoms with van der Waals surface area (Å²) in [5, 5.41) is 15.0. The number of aliphatic hydroxyl groups is 1. The van der Waals surface area contributed by atoms with Gasteiger partial charge in [-0.15, -0.1) is 0 Å². The Kier molecular flexibility index (Phi) is 5.76. The van der Waals surface area contributed by atoms with Gasteiger partial charge in [0, 0.05) is 11.8 Å². The van der Waals surface area contributed by atoms with Crippen molar-refractivity contribution in [2.75, 3.05) is 18.5 Å². The maximum Gasteiger partial charge on any atom is 0.319 e. The average Bonchev–Trinajstić information content (AvgIpc) is 2.96. The fourth-order valence-corrected chi connectivity index (χ4v) is 2.76. The molecule has 1 aromatic carbocycles. The van der Waals surface area contributed by atoms with Crippen molar-refractivity contribution in [1.82, 2.24) is 5.32 Å². The lowest BCUT2D eigenvalue weighted by molar-refractivity contribution is 0.0816. The Labute approximate surface area is 134 Å². The number of alkyl halides is 2. The van der Waals surface area contributed by atoms with Crippen LogP contribution in [0.2, 0.25) is 0 Å². The van der Waals surface area contributed by atoms with Gasteiger partial charge in [0.2, 0.25) is 0 Å². The van der Waals surface area contributed by atoms with Crippen molar-refractivity contribution in [3.63, 3.8) is 0 Å². The molecule has 0 heterocycles. The standard InChI is InChI=1S/C16H22F2N2O3/c1-11-4-5-12(8-13(11)23-9-14(17)18)19-15(22)20-16(10-21)6-2-3-7-16/h4-5,8,14,21H,2-3,6-7,9-10H2,1H3,(H2,19,20,22). The van der Waals surface area contributed by atoms with Crippen LogP contribution in [0.25, 0.3) is 0 Å². The number of amides is 2. The summed E-state index contributed by atoms with van der Waals surface area (Å²) in [6, 6.07) is 4.44. The molecule has 0 bridgehead atoms. The van der Waals surface area contributed by atoms with Gasteiger partial charge in [-0.3, -0.25) is 0 Å². The van der Waals surface area contributed by atoms with Gasteiger partial charge in [-0.2, -0.15) is 0 Å². The van der Waals surface area contributed by atoms with E-state index in [9.17, 15) is 18.7 Å². The van der Waals surface area contributed by atoms with E-state index in [1.807, 2.05) is 0 Å². The average molecular weight is 328 g/mol. The highest BCUT2D eigenvalue weighted by atomic mass is 19.3. The maximum atomic E-state index is 12.2. The number of ether oxygens (including phenoxy) is 1. The van der Waals surface area contributed by atoms with E-state index in [0.29, 0.717) is 17.0 Å². The zero-order chi connectivity index (χ0) is 16.9. The third-order valence-electron chi connectivity index (χ3n) is 4.05. The number of aryl methyl sites for hydroxylation is 1. The first-order valence-corrected chi connectivity index (χ1v) is 7.66. The first kappa shape index (κ1) is 17.5. The summed E-state index contributed by atoms with van der Waals surface area (Å²) in [5.74, 6) is 0.306. The number of carbonyl (C=O) groups excluding carboxylic acids is 1. The van der Waals surface area contributed by atoms with Crippen molar-refractivity contribution >= 4 is 11.7 Å². The predicted octanol–water partition coefficient (Wildman–Crippen LogP) is 3.07. The van der Waals surface area contributed by atoms with E-state index in [0.717, 1.165) is 25.7 Å². The second-order valence-electron chi connectivity index (χ2n) is 5.91. The van der Waals surface area contributed by atoms with Crippen LogP contribution in [-0.2, 0) is 0 Å². The fraction of sp³-hybridized carbons (Fsp3) is 0.562. The van der Waals surface area contributed by atoms with E-state index in [-0.39, 0.29) is 6.61 Å². The van der Waals surface area contributed by atoms with Crippen molar-refractivity contribution in [3.8, 4) is 5.75 Å². The van der Waals surface area contributed by atoms with Crippen LogP contribution in [0.5, 0.6) is 5.75 Å². The Morgan fingerprint density at radius 2 is 2.09 bits per heavy atom. The molecule has 0 aromatic heterocycles. The van der Waals surface area contributed by atoms with Gasteiger partial charge in [-0.25, -0.2) is 13.6 Å². The number of hydrogen-bond donors (Lipinski definition) is 3. The number of carbonyl (C=O) groups is 1. The summed E-state index contributed by atoms with van der Waals surface area (Å²) in [7, 11) is 0.